The van der Waals surface area contributed by atoms with Crippen LogP contribution in [0.4, 0.5) is 0 Å². The van der Waals surface area contributed by atoms with Crippen LogP contribution < -0.4 is 10.6 Å². The highest BCUT2D eigenvalue weighted by atomic mass is 16.5. The van der Waals surface area contributed by atoms with E-state index in [-0.39, 0.29) is 16.9 Å². The summed E-state index contributed by atoms with van der Waals surface area (Å²) in [4.78, 5) is 16.7. The normalized spacial score (nSPS) is 22.8. The molecule has 0 unspecified atom stereocenters. The molecule has 1 atom stereocenters. The van der Waals surface area contributed by atoms with Crippen LogP contribution in [0.15, 0.2) is 48.7 Å². The molecule has 2 heterocycles. The van der Waals surface area contributed by atoms with Crippen molar-refractivity contribution in [2.24, 2.45) is 0 Å². The molecule has 1 amide bonds. The van der Waals surface area contributed by atoms with Crippen LogP contribution in [0, 0.1) is 0 Å². The molecule has 1 saturated heterocycles. The average molecular weight is 408 g/mol. The zero-order valence-electron chi connectivity index (χ0n) is 18.0. The minimum absolute atomic E-state index is 0.0463. The van der Waals surface area contributed by atoms with E-state index in [1.807, 2.05) is 30.5 Å². The molecular formula is C25H33N3O2. The number of benzene rings is 1. The largest absolute Gasteiger partial charge is 0.375 e. The fraction of sp³-hybridized carbons (Fsp3) is 0.520. The van der Waals surface area contributed by atoms with Crippen molar-refractivity contribution >= 4 is 5.91 Å². The molecule has 2 N–H and O–H groups in total. The van der Waals surface area contributed by atoms with E-state index in [4.69, 9.17) is 9.72 Å². The van der Waals surface area contributed by atoms with Crippen LogP contribution in [-0.4, -0.2) is 36.7 Å². The first-order chi connectivity index (χ1) is 14.6. The predicted octanol–water partition coefficient (Wildman–Crippen LogP) is 3.98. The molecule has 160 valence electrons. The van der Waals surface area contributed by atoms with E-state index in [9.17, 15) is 4.79 Å². The number of rotatable bonds is 7. The van der Waals surface area contributed by atoms with Gasteiger partial charge >= 0.3 is 0 Å². The number of carbonyl (C=O) groups is 1. The molecule has 1 saturated carbocycles. The van der Waals surface area contributed by atoms with Gasteiger partial charge in [-0.05, 0) is 68.5 Å². The number of amides is 1. The van der Waals surface area contributed by atoms with E-state index >= 15 is 0 Å². The summed E-state index contributed by atoms with van der Waals surface area (Å²) in [6.07, 6.45) is 9.99. The molecule has 2 aromatic rings. The van der Waals surface area contributed by atoms with Gasteiger partial charge in [0.05, 0.1) is 5.60 Å². The minimum atomic E-state index is -0.0463. The zero-order chi connectivity index (χ0) is 20.9. The monoisotopic (exact) mass is 407 g/mol. The molecule has 0 radical (unpaired) electrons. The number of carbonyl (C=O) groups excluding carboxylic acids is 1. The summed E-state index contributed by atoms with van der Waals surface area (Å²) in [5.74, 6) is -0.0463. The van der Waals surface area contributed by atoms with Crippen LogP contribution >= 0.6 is 0 Å². The summed E-state index contributed by atoms with van der Waals surface area (Å²) in [5, 5.41) is 6.29. The van der Waals surface area contributed by atoms with Crippen molar-refractivity contribution in [1.82, 2.24) is 15.6 Å². The van der Waals surface area contributed by atoms with Gasteiger partial charge in [0.2, 0.25) is 0 Å². The quantitative estimate of drug-likeness (QED) is 0.682. The van der Waals surface area contributed by atoms with Gasteiger partial charge in [-0.1, -0.05) is 31.0 Å². The first kappa shape index (κ1) is 21.0. The highest BCUT2D eigenvalue weighted by Gasteiger charge is 2.48. The number of pyridine rings is 1. The summed E-state index contributed by atoms with van der Waals surface area (Å²) in [7, 11) is 1.66. The van der Waals surface area contributed by atoms with Gasteiger partial charge in [-0.15, -0.1) is 0 Å². The van der Waals surface area contributed by atoms with Crippen LogP contribution in [0.3, 0.4) is 0 Å². The van der Waals surface area contributed by atoms with E-state index < -0.39 is 0 Å². The summed E-state index contributed by atoms with van der Waals surface area (Å²) in [5.41, 5.74) is 3.16. The molecule has 30 heavy (non-hydrogen) atoms. The second-order valence-corrected chi connectivity index (χ2v) is 8.87. The summed E-state index contributed by atoms with van der Waals surface area (Å²) < 4.78 is 6.34. The fourth-order valence-electron chi connectivity index (χ4n) is 5.32. The van der Waals surface area contributed by atoms with Crippen molar-refractivity contribution in [3.8, 4) is 0 Å². The molecule has 5 nitrogen and oxygen atoms in total. The third-order valence-electron chi connectivity index (χ3n) is 6.90. The lowest BCUT2D eigenvalue weighted by molar-refractivity contribution is -0.104. The number of nitrogens with zero attached hydrogens (tertiary/aromatic N) is 1. The van der Waals surface area contributed by atoms with E-state index in [0.717, 1.165) is 44.5 Å². The molecule has 2 fully saturated rings. The number of nitrogens with one attached hydrogen (secondary N) is 2. The Morgan fingerprint density at radius 2 is 2.00 bits per heavy atom. The van der Waals surface area contributed by atoms with Crippen LogP contribution in [0.25, 0.3) is 0 Å². The number of hydrogen-bond acceptors (Lipinski definition) is 4. The van der Waals surface area contributed by atoms with Crippen molar-refractivity contribution < 1.29 is 9.53 Å². The Hall–Kier alpha value is -2.24. The third-order valence-corrected chi connectivity index (χ3v) is 6.90. The summed E-state index contributed by atoms with van der Waals surface area (Å²) in [6.45, 7) is 2.49. The van der Waals surface area contributed by atoms with Crippen LogP contribution in [0.2, 0.25) is 0 Å². The van der Waals surface area contributed by atoms with Gasteiger partial charge < -0.3 is 15.4 Å². The first-order valence-electron chi connectivity index (χ1n) is 11.2. The van der Waals surface area contributed by atoms with E-state index in [1.54, 1.807) is 7.05 Å². The smallest absolute Gasteiger partial charge is 0.251 e. The molecule has 1 aromatic heterocycles. The molecular weight excluding hydrogens is 374 g/mol. The molecule has 4 rings (SSSR count). The lowest BCUT2D eigenvalue weighted by atomic mass is 9.68. The maximum Gasteiger partial charge on any atom is 0.251 e. The summed E-state index contributed by atoms with van der Waals surface area (Å²) in [6, 6.07) is 14.1. The molecule has 1 aliphatic heterocycles. The van der Waals surface area contributed by atoms with E-state index in [0.29, 0.717) is 5.56 Å². The number of aromatic nitrogens is 1. The van der Waals surface area contributed by atoms with Crippen molar-refractivity contribution in [2.45, 2.75) is 62.5 Å². The maximum absolute atomic E-state index is 11.9. The highest BCUT2D eigenvalue weighted by Crippen LogP contribution is 2.49. The maximum atomic E-state index is 11.9. The van der Waals surface area contributed by atoms with Gasteiger partial charge in [0, 0.05) is 43.1 Å². The second-order valence-electron chi connectivity index (χ2n) is 8.87. The molecule has 0 bridgehead atoms. The van der Waals surface area contributed by atoms with Crippen LogP contribution in [0.1, 0.15) is 66.6 Å². The zero-order valence-corrected chi connectivity index (χ0v) is 18.0. The Bertz CT molecular complexity index is 848. The predicted molar refractivity (Wildman–Crippen MR) is 118 cm³/mol. The third kappa shape index (κ3) is 4.57. The SMILES string of the molecule is CNC(=O)c1cccc(CNCC[C@@]2(c3ccccn3)CCOC3(CCCC3)C2)c1. The van der Waals surface area contributed by atoms with Gasteiger partial charge in [-0.25, -0.2) is 0 Å². The lowest BCUT2D eigenvalue weighted by Gasteiger charge is -2.46. The van der Waals surface area contributed by atoms with Crippen molar-refractivity contribution in [1.29, 1.82) is 0 Å². The highest BCUT2D eigenvalue weighted by molar-refractivity contribution is 5.94. The van der Waals surface area contributed by atoms with Gasteiger partial charge in [-0.2, -0.15) is 0 Å². The van der Waals surface area contributed by atoms with Gasteiger partial charge in [-0.3, -0.25) is 9.78 Å². The average Bonchev–Trinajstić information content (AvgIpc) is 3.24. The first-order valence-corrected chi connectivity index (χ1v) is 11.2. The molecule has 1 aliphatic carbocycles. The molecule has 1 spiro atoms. The minimum Gasteiger partial charge on any atom is -0.375 e. The van der Waals surface area contributed by atoms with Crippen molar-refractivity contribution in [3.05, 3.63) is 65.5 Å². The fourth-order valence-corrected chi connectivity index (χ4v) is 5.32. The Morgan fingerprint density at radius 1 is 1.13 bits per heavy atom. The lowest BCUT2D eigenvalue weighted by Crippen LogP contribution is -2.47. The Balaban J connectivity index is 1.43. The Morgan fingerprint density at radius 3 is 2.77 bits per heavy atom. The Kier molecular flexibility index (Phi) is 6.49. The molecule has 2 aliphatic rings. The van der Waals surface area contributed by atoms with Gasteiger partial charge in [0.25, 0.3) is 5.91 Å². The molecule has 5 heteroatoms. The second kappa shape index (κ2) is 9.27. The van der Waals surface area contributed by atoms with Gasteiger partial charge in [0.1, 0.15) is 0 Å². The summed E-state index contributed by atoms with van der Waals surface area (Å²) >= 11 is 0. The van der Waals surface area contributed by atoms with Gasteiger partial charge in [0.15, 0.2) is 0 Å². The standard InChI is InChI=1S/C25H33N3O2/c1-26-23(29)21-8-6-7-20(17-21)18-27-15-12-24(22-9-2-5-14-28-22)13-16-30-25(19-24)10-3-4-11-25/h2,5-9,14,17,27H,3-4,10-13,15-16,18-19H2,1H3,(H,26,29)/t24-/m1/s1. The van der Waals surface area contributed by atoms with Crippen LogP contribution in [-0.2, 0) is 16.7 Å². The number of hydrogen-bond donors (Lipinski definition) is 2. The topological polar surface area (TPSA) is 63.2 Å². The van der Waals surface area contributed by atoms with Crippen molar-refractivity contribution in [2.75, 3.05) is 20.2 Å². The number of ether oxygens (including phenoxy) is 1. The van der Waals surface area contributed by atoms with Crippen molar-refractivity contribution in [3.63, 3.8) is 0 Å². The Labute approximate surface area is 179 Å². The van der Waals surface area contributed by atoms with E-state index in [1.165, 1.54) is 31.4 Å². The molecule has 1 aromatic carbocycles. The van der Waals surface area contributed by atoms with E-state index in [2.05, 4.69) is 28.8 Å². The van der Waals surface area contributed by atoms with Crippen LogP contribution in [0.5, 0.6) is 0 Å².